The van der Waals surface area contributed by atoms with Gasteiger partial charge in [0.15, 0.2) is 0 Å². The van der Waals surface area contributed by atoms with E-state index in [-0.39, 0.29) is 24.2 Å². The molecule has 5 nitrogen and oxygen atoms in total. The summed E-state index contributed by atoms with van der Waals surface area (Å²) < 4.78 is 1.98. The van der Waals surface area contributed by atoms with E-state index < -0.39 is 0 Å². The number of fused-ring (bicyclic) bond motifs is 1. The van der Waals surface area contributed by atoms with Gasteiger partial charge >= 0.3 is 0 Å². The van der Waals surface area contributed by atoms with E-state index in [2.05, 4.69) is 29.6 Å². The minimum Gasteiger partial charge on any atom is -0.326 e. The van der Waals surface area contributed by atoms with E-state index in [1.807, 2.05) is 29.1 Å². The molecule has 2 heterocycles. The number of benzene rings is 1. The molecule has 0 bridgehead atoms. The molecular formula is C16H23ClN4O. The maximum Gasteiger partial charge on any atom is 0.227 e. The number of piperidine rings is 1. The van der Waals surface area contributed by atoms with Gasteiger partial charge in [-0.3, -0.25) is 9.48 Å². The molecule has 22 heavy (non-hydrogen) atoms. The van der Waals surface area contributed by atoms with Crippen LogP contribution in [-0.2, 0) is 4.79 Å². The van der Waals surface area contributed by atoms with Gasteiger partial charge in [-0.2, -0.15) is 5.10 Å². The van der Waals surface area contributed by atoms with E-state index >= 15 is 0 Å². The topological polar surface area (TPSA) is 59.0 Å². The van der Waals surface area contributed by atoms with E-state index in [4.69, 9.17) is 0 Å². The third-order valence-electron chi connectivity index (χ3n) is 4.07. The predicted molar refractivity (Wildman–Crippen MR) is 91.6 cm³/mol. The molecule has 1 aromatic carbocycles. The van der Waals surface area contributed by atoms with E-state index in [1.165, 1.54) is 0 Å². The molecule has 120 valence electrons. The van der Waals surface area contributed by atoms with Crippen molar-refractivity contribution in [2.45, 2.75) is 32.7 Å². The van der Waals surface area contributed by atoms with Gasteiger partial charge in [-0.25, -0.2) is 0 Å². The second-order valence-corrected chi connectivity index (χ2v) is 5.97. The Hall–Kier alpha value is -1.59. The van der Waals surface area contributed by atoms with Gasteiger partial charge in [-0.1, -0.05) is 0 Å². The molecule has 0 aliphatic carbocycles. The van der Waals surface area contributed by atoms with E-state index in [1.54, 1.807) is 0 Å². The van der Waals surface area contributed by atoms with Crippen LogP contribution in [0.3, 0.4) is 0 Å². The maximum atomic E-state index is 12.3. The van der Waals surface area contributed by atoms with Crippen LogP contribution in [-0.4, -0.2) is 28.8 Å². The summed E-state index contributed by atoms with van der Waals surface area (Å²) in [4.78, 5) is 12.3. The quantitative estimate of drug-likeness (QED) is 0.913. The Labute approximate surface area is 136 Å². The van der Waals surface area contributed by atoms with Crippen molar-refractivity contribution in [1.29, 1.82) is 0 Å². The highest BCUT2D eigenvalue weighted by atomic mass is 35.5. The van der Waals surface area contributed by atoms with Crippen molar-refractivity contribution < 1.29 is 4.79 Å². The summed E-state index contributed by atoms with van der Waals surface area (Å²) in [5.74, 6) is 0.253. The Morgan fingerprint density at radius 1 is 1.36 bits per heavy atom. The molecule has 2 aromatic rings. The van der Waals surface area contributed by atoms with Crippen molar-refractivity contribution in [3.05, 3.63) is 24.4 Å². The number of halogens is 1. The Kier molecular flexibility index (Phi) is 5.42. The molecule has 0 spiro atoms. The van der Waals surface area contributed by atoms with E-state index in [0.29, 0.717) is 6.04 Å². The van der Waals surface area contributed by atoms with Gasteiger partial charge in [0.2, 0.25) is 5.91 Å². The number of rotatable bonds is 3. The summed E-state index contributed by atoms with van der Waals surface area (Å²) in [7, 11) is 0. The van der Waals surface area contributed by atoms with E-state index in [9.17, 15) is 4.79 Å². The summed E-state index contributed by atoms with van der Waals surface area (Å²) in [5.41, 5.74) is 1.92. The zero-order chi connectivity index (χ0) is 14.8. The lowest BCUT2D eigenvalue weighted by molar-refractivity contribution is -0.120. The molecule has 1 aliphatic heterocycles. The van der Waals surface area contributed by atoms with Crippen LogP contribution in [0.5, 0.6) is 0 Å². The molecule has 0 unspecified atom stereocenters. The Balaban J connectivity index is 0.00000176. The summed E-state index contributed by atoms with van der Waals surface area (Å²) in [5, 5.41) is 11.8. The molecule has 1 aromatic heterocycles. The average molecular weight is 323 g/mol. The summed E-state index contributed by atoms with van der Waals surface area (Å²) in [6.07, 6.45) is 3.70. The molecular weight excluding hydrogens is 300 g/mol. The molecule has 3 rings (SSSR count). The lowest BCUT2D eigenvalue weighted by Gasteiger charge is -2.21. The summed E-state index contributed by atoms with van der Waals surface area (Å²) in [6.45, 7) is 6.06. The van der Waals surface area contributed by atoms with Crippen molar-refractivity contribution in [3.8, 4) is 0 Å². The summed E-state index contributed by atoms with van der Waals surface area (Å²) >= 11 is 0. The van der Waals surface area contributed by atoms with Crippen LogP contribution in [0.1, 0.15) is 32.7 Å². The first kappa shape index (κ1) is 16.8. The number of nitrogens with one attached hydrogen (secondary N) is 2. The highest BCUT2D eigenvalue weighted by Gasteiger charge is 2.21. The zero-order valence-corrected chi connectivity index (χ0v) is 13.8. The van der Waals surface area contributed by atoms with Gasteiger partial charge < -0.3 is 10.6 Å². The molecule has 2 N–H and O–H groups in total. The minimum atomic E-state index is 0. The average Bonchev–Trinajstić information content (AvgIpc) is 2.91. The molecule has 0 atom stereocenters. The van der Waals surface area contributed by atoms with Crippen LogP contribution in [0.4, 0.5) is 5.69 Å². The first-order valence-electron chi connectivity index (χ1n) is 7.64. The second-order valence-electron chi connectivity index (χ2n) is 5.97. The first-order chi connectivity index (χ1) is 10.1. The predicted octanol–water partition coefficient (Wildman–Crippen LogP) is 2.98. The maximum absolute atomic E-state index is 12.3. The van der Waals surface area contributed by atoms with Crippen molar-refractivity contribution in [1.82, 2.24) is 15.1 Å². The molecule has 1 aliphatic rings. The van der Waals surface area contributed by atoms with Crippen LogP contribution in [0.25, 0.3) is 10.9 Å². The van der Waals surface area contributed by atoms with E-state index in [0.717, 1.165) is 42.5 Å². The van der Waals surface area contributed by atoms with Crippen LogP contribution in [0, 0.1) is 5.92 Å². The van der Waals surface area contributed by atoms with Crippen LogP contribution < -0.4 is 10.6 Å². The number of nitrogens with zero attached hydrogens (tertiary/aromatic N) is 2. The lowest BCUT2D eigenvalue weighted by atomic mass is 9.97. The number of carbonyl (C=O) groups is 1. The minimum absolute atomic E-state index is 0. The number of aromatic nitrogens is 2. The van der Waals surface area contributed by atoms with Crippen LogP contribution in [0.15, 0.2) is 24.4 Å². The van der Waals surface area contributed by atoms with Crippen molar-refractivity contribution in [3.63, 3.8) is 0 Å². The molecule has 1 fully saturated rings. The molecule has 1 amide bonds. The van der Waals surface area contributed by atoms with Gasteiger partial charge in [-0.15, -0.1) is 12.4 Å². The lowest BCUT2D eigenvalue weighted by Crippen LogP contribution is -2.34. The highest BCUT2D eigenvalue weighted by molar-refractivity contribution is 5.95. The van der Waals surface area contributed by atoms with Gasteiger partial charge in [0.1, 0.15) is 0 Å². The molecule has 6 heteroatoms. The monoisotopic (exact) mass is 322 g/mol. The van der Waals surface area contributed by atoms with Crippen molar-refractivity contribution >= 4 is 34.9 Å². The van der Waals surface area contributed by atoms with Gasteiger partial charge in [0.05, 0.1) is 11.7 Å². The Bertz CT molecular complexity index is 647. The first-order valence-corrected chi connectivity index (χ1v) is 7.64. The number of hydrogen-bond acceptors (Lipinski definition) is 3. The zero-order valence-electron chi connectivity index (χ0n) is 13.0. The molecule has 0 radical (unpaired) electrons. The van der Waals surface area contributed by atoms with Crippen LogP contribution >= 0.6 is 12.4 Å². The number of anilines is 1. The third kappa shape index (κ3) is 3.42. The second kappa shape index (κ2) is 7.11. The SMILES string of the molecule is CC(C)n1ncc2ccc(NC(=O)C3CCNCC3)cc21.Cl. The van der Waals surface area contributed by atoms with Gasteiger partial charge in [0.25, 0.3) is 0 Å². The fraction of sp³-hybridized carbons (Fsp3) is 0.500. The number of hydrogen-bond donors (Lipinski definition) is 2. The highest BCUT2D eigenvalue weighted by Crippen LogP contribution is 2.23. The van der Waals surface area contributed by atoms with Crippen molar-refractivity contribution in [2.24, 2.45) is 5.92 Å². The van der Waals surface area contributed by atoms with Gasteiger partial charge in [0, 0.05) is 23.0 Å². The standard InChI is InChI=1S/C16H22N4O.ClH/c1-11(2)20-15-9-14(4-3-13(15)10-18-20)19-16(21)12-5-7-17-8-6-12;/h3-4,9-12,17H,5-8H2,1-2H3,(H,19,21);1H. The van der Waals surface area contributed by atoms with Gasteiger partial charge in [-0.05, 0) is 58.0 Å². The van der Waals surface area contributed by atoms with Crippen molar-refractivity contribution in [2.75, 3.05) is 18.4 Å². The molecule has 1 saturated heterocycles. The normalized spacial score (nSPS) is 15.8. The fourth-order valence-corrected chi connectivity index (χ4v) is 2.86. The largest absolute Gasteiger partial charge is 0.326 e. The third-order valence-corrected chi connectivity index (χ3v) is 4.07. The summed E-state index contributed by atoms with van der Waals surface area (Å²) in [6, 6.07) is 6.28. The molecule has 0 saturated carbocycles. The van der Waals surface area contributed by atoms with Crippen LogP contribution in [0.2, 0.25) is 0 Å². The fourth-order valence-electron chi connectivity index (χ4n) is 2.86. The smallest absolute Gasteiger partial charge is 0.227 e. The Morgan fingerprint density at radius 2 is 2.09 bits per heavy atom. The Morgan fingerprint density at radius 3 is 2.77 bits per heavy atom. The number of carbonyl (C=O) groups excluding carboxylic acids is 1. The number of amides is 1.